The summed E-state index contributed by atoms with van der Waals surface area (Å²) in [6.07, 6.45) is 0. The van der Waals surface area contributed by atoms with Gasteiger partial charge in [-0.3, -0.25) is 4.79 Å². The summed E-state index contributed by atoms with van der Waals surface area (Å²) in [5.41, 5.74) is 2.68. The van der Waals surface area contributed by atoms with Crippen molar-refractivity contribution in [1.82, 2.24) is 4.72 Å². The molecule has 0 aliphatic carbocycles. The van der Waals surface area contributed by atoms with Crippen LogP contribution in [0.4, 0.5) is 5.69 Å². The van der Waals surface area contributed by atoms with Crippen LogP contribution in [-0.2, 0) is 10.0 Å². The van der Waals surface area contributed by atoms with Crippen molar-refractivity contribution in [2.24, 2.45) is 0 Å². The van der Waals surface area contributed by atoms with Crippen LogP contribution in [0.15, 0.2) is 47.4 Å². The van der Waals surface area contributed by atoms with Crippen molar-refractivity contribution in [2.45, 2.75) is 18.7 Å². The highest BCUT2D eigenvalue weighted by atomic mass is 32.2. The Balaban J connectivity index is 2.38. The van der Waals surface area contributed by atoms with Gasteiger partial charge in [0.05, 0.1) is 4.90 Å². The first-order chi connectivity index (χ1) is 10.3. The fraction of sp³-hybridized carbons (Fsp3) is 0.188. The lowest BCUT2D eigenvalue weighted by molar-refractivity contribution is 0.102. The molecule has 0 aliphatic rings. The zero-order valence-electron chi connectivity index (χ0n) is 12.7. The Hall–Kier alpha value is -2.18. The van der Waals surface area contributed by atoms with Crippen LogP contribution >= 0.6 is 0 Å². The molecule has 0 aromatic heterocycles. The molecular weight excluding hydrogens is 300 g/mol. The second-order valence-corrected chi connectivity index (χ2v) is 6.84. The van der Waals surface area contributed by atoms with Gasteiger partial charge < -0.3 is 5.32 Å². The average Bonchev–Trinajstić information content (AvgIpc) is 2.49. The SMILES string of the molecule is CNS(=O)(=O)c1ccc(C)c(C(=O)Nc2ccccc2C)c1. The third-order valence-electron chi connectivity index (χ3n) is 3.43. The number of amides is 1. The van der Waals surface area contributed by atoms with Gasteiger partial charge in [0, 0.05) is 11.3 Å². The predicted molar refractivity (Wildman–Crippen MR) is 86.6 cm³/mol. The van der Waals surface area contributed by atoms with Gasteiger partial charge in [-0.1, -0.05) is 24.3 Å². The molecular formula is C16H18N2O3S. The molecule has 5 nitrogen and oxygen atoms in total. The second-order valence-electron chi connectivity index (χ2n) is 4.95. The summed E-state index contributed by atoms with van der Waals surface area (Å²) in [4.78, 5) is 12.5. The Morgan fingerprint density at radius 3 is 2.32 bits per heavy atom. The van der Waals surface area contributed by atoms with E-state index >= 15 is 0 Å². The Morgan fingerprint density at radius 2 is 1.68 bits per heavy atom. The fourth-order valence-corrected chi connectivity index (χ4v) is 2.79. The third-order valence-corrected chi connectivity index (χ3v) is 4.84. The smallest absolute Gasteiger partial charge is 0.255 e. The predicted octanol–water partition coefficient (Wildman–Crippen LogP) is 2.46. The summed E-state index contributed by atoms with van der Waals surface area (Å²) in [6, 6.07) is 11.9. The molecule has 0 radical (unpaired) electrons. The van der Waals surface area contributed by atoms with Gasteiger partial charge in [0.25, 0.3) is 5.91 Å². The van der Waals surface area contributed by atoms with E-state index in [2.05, 4.69) is 10.0 Å². The first kappa shape index (κ1) is 16.2. The Morgan fingerprint density at radius 1 is 1.00 bits per heavy atom. The van der Waals surface area contributed by atoms with Crippen molar-refractivity contribution in [1.29, 1.82) is 0 Å². The monoisotopic (exact) mass is 318 g/mol. The van der Waals surface area contributed by atoms with Gasteiger partial charge in [-0.15, -0.1) is 0 Å². The Labute approximate surface area is 130 Å². The molecule has 0 fully saturated rings. The highest BCUT2D eigenvalue weighted by Gasteiger charge is 2.17. The minimum atomic E-state index is -3.58. The summed E-state index contributed by atoms with van der Waals surface area (Å²) in [5, 5.41) is 2.81. The summed E-state index contributed by atoms with van der Waals surface area (Å²) in [5.74, 6) is -0.333. The van der Waals surface area contributed by atoms with Crippen LogP contribution in [0.2, 0.25) is 0 Å². The normalized spacial score (nSPS) is 11.2. The average molecular weight is 318 g/mol. The lowest BCUT2D eigenvalue weighted by Crippen LogP contribution is -2.20. The molecule has 2 N–H and O–H groups in total. The van der Waals surface area contributed by atoms with E-state index in [0.29, 0.717) is 16.8 Å². The molecule has 2 rings (SSSR count). The van der Waals surface area contributed by atoms with Crippen LogP contribution in [0.25, 0.3) is 0 Å². The molecule has 0 aliphatic heterocycles. The van der Waals surface area contributed by atoms with Crippen molar-refractivity contribution >= 4 is 21.6 Å². The highest BCUT2D eigenvalue weighted by Crippen LogP contribution is 2.19. The van der Waals surface area contributed by atoms with Gasteiger partial charge in [-0.25, -0.2) is 13.1 Å². The second kappa shape index (κ2) is 6.29. The van der Waals surface area contributed by atoms with Gasteiger partial charge in [0.15, 0.2) is 0 Å². The zero-order valence-corrected chi connectivity index (χ0v) is 13.5. The first-order valence-corrected chi connectivity index (χ1v) is 8.24. The standard InChI is InChI=1S/C16H18N2O3S/c1-11-8-9-13(22(20,21)17-3)10-14(11)16(19)18-15-7-5-4-6-12(15)2/h4-10,17H,1-3H3,(H,18,19). The van der Waals surface area contributed by atoms with Gasteiger partial charge in [-0.05, 0) is 50.2 Å². The molecule has 0 saturated carbocycles. The third kappa shape index (κ3) is 3.35. The minimum absolute atomic E-state index is 0.0653. The molecule has 1 amide bonds. The molecule has 0 atom stereocenters. The largest absolute Gasteiger partial charge is 0.322 e. The van der Waals surface area contributed by atoms with Crippen LogP contribution in [-0.4, -0.2) is 21.4 Å². The van der Waals surface area contributed by atoms with Gasteiger partial charge >= 0.3 is 0 Å². The number of anilines is 1. The summed E-state index contributed by atoms with van der Waals surface area (Å²) in [7, 11) is -2.25. The molecule has 0 bridgehead atoms. The minimum Gasteiger partial charge on any atom is -0.322 e. The number of hydrogen-bond donors (Lipinski definition) is 2. The summed E-state index contributed by atoms with van der Waals surface area (Å²) in [6.45, 7) is 3.66. The van der Waals surface area contributed by atoms with E-state index in [4.69, 9.17) is 0 Å². The number of aryl methyl sites for hydroxylation is 2. The summed E-state index contributed by atoms with van der Waals surface area (Å²) < 4.78 is 26.0. The summed E-state index contributed by atoms with van der Waals surface area (Å²) >= 11 is 0. The van der Waals surface area contributed by atoms with Crippen LogP contribution < -0.4 is 10.0 Å². The molecule has 0 spiro atoms. The molecule has 2 aromatic carbocycles. The van der Waals surface area contributed by atoms with Crippen molar-refractivity contribution < 1.29 is 13.2 Å². The number of nitrogens with one attached hydrogen (secondary N) is 2. The molecule has 6 heteroatoms. The molecule has 22 heavy (non-hydrogen) atoms. The molecule has 0 heterocycles. The first-order valence-electron chi connectivity index (χ1n) is 6.76. The maximum absolute atomic E-state index is 12.4. The van der Waals surface area contributed by atoms with Crippen molar-refractivity contribution in [2.75, 3.05) is 12.4 Å². The van der Waals surface area contributed by atoms with E-state index in [9.17, 15) is 13.2 Å². The topological polar surface area (TPSA) is 75.3 Å². The van der Waals surface area contributed by atoms with Gasteiger partial charge in [0.1, 0.15) is 0 Å². The zero-order chi connectivity index (χ0) is 16.3. The van der Waals surface area contributed by atoms with Gasteiger partial charge in [0.2, 0.25) is 10.0 Å². The van der Waals surface area contributed by atoms with E-state index in [-0.39, 0.29) is 10.8 Å². The van der Waals surface area contributed by atoms with E-state index < -0.39 is 10.0 Å². The van der Waals surface area contributed by atoms with Crippen LogP contribution in [0.5, 0.6) is 0 Å². The quantitative estimate of drug-likeness (QED) is 0.909. The Kier molecular flexibility index (Phi) is 4.63. The van der Waals surface area contributed by atoms with Crippen molar-refractivity contribution in [3.8, 4) is 0 Å². The lowest BCUT2D eigenvalue weighted by Gasteiger charge is -2.11. The molecule has 116 valence electrons. The van der Waals surface area contributed by atoms with Crippen molar-refractivity contribution in [3.63, 3.8) is 0 Å². The number of hydrogen-bond acceptors (Lipinski definition) is 3. The molecule has 0 saturated heterocycles. The number of rotatable bonds is 4. The highest BCUT2D eigenvalue weighted by molar-refractivity contribution is 7.89. The Bertz CT molecular complexity index is 814. The molecule has 2 aromatic rings. The van der Waals surface area contributed by atoms with E-state index in [1.54, 1.807) is 19.1 Å². The van der Waals surface area contributed by atoms with Gasteiger partial charge in [-0.2, -0.15) is 0 Å². The van der Waals surface area contributed by atoms with E-state index in [0.717, 1.165) is 5.56 Å². The van der Waals surface area contributed by atoms with Crippen molar-refractivity contribution in [3.05, 3.63) is 59.2 Å². The number of para-hydroxylation sites is 1. The maximum atomic E-state index is 12.4. The van der Waals surface area contributed by atoms with Crippen LogP contribution in [0, 0.1) is 13.8 Å². The number of carbonyl (C=O) groups excluding carboxylic acids is 1. The molecule has 0 unspecified atom stereocenters. The lowest BCUT2D eigenvalue weighted by atomic mass is 10.1. The van der Waals surface area contributed by atoms with E-state index in [1.807, 2.05) is 25.1 Å². The van der Waals surface area contributed by atoms with E-state index in [1.165, 1.54) is 19.2 Å². The fourth-order valence-electron chi connectivity index (χ4n) is 2.03. The van der Waals surface area contributed by atoms with Crippen LogP contribution in [0.3, 0.4) is 0 Å². The number of carbonyl (C=O) groups is 1. The maximum Gasteiger partial charge on any atom is 0.255 e. The van der Waals surface area contributed by atoms with Crippen LogP contribution in [0.1, 0.15) is 21.5 Å². The number of benzene rings is 2. The number of sulfonamides is 1.